The molecule has 4 aliphatic heterocycles. The van der Waals surface area contributed by atoms with Gasteiger partial charge in [0.05, 0.1) is 37.1 Å². The lowest BCUT2D eigenvalue weighted by Gasteiger charge is -2.32. The standard InChI is InChI=1S/C33H40N6O8Si/c1-21-29(48(2,3)44)28(10-12-36-20-23(11-15-40)34-35-36)47-33(21)26-18-25(38-14-17-46-32(38)43)8-9-27(26)39(30(33)41)19-22-4-6-24(7-5-22)37-13-16-45-31(37)42/h4-9,18,20-21,28-29,40,44H,10-17,19H2,1-3H3/t21-,28+,29-,33+/m0/s1. The van der Waals surface area contributed by atoms with Gasteiger partial charge in [0.2, 0.25) is 0 Å². The molecule has 3 saturated heterocycles. The first kappa shape index (κ1) is 32.2. The fourth-order valence-electron chi connectivity index (χ4n) is 7.82. The zero-order valence-corrected chi connectivity index (χ0v) is 28.2. The van der Waals surface area contributed by atoms with Crippen LogP contribution in [0.15, 0.2) is 48.7 Å². The molecule has 1 aromatic heterocycles. The van der Waals surface area contributed by atoms with Gasteiger partial charge >= 0.3 is 12.2 Å². The lowest BCUT2D eigenvalue weighted by Crippen LogP contribution is -2.46. The fraction of sp³-hybridized carbons (Fsp3) is 0.485. The third kappa shape index (κ3) is 5.43. The van der Waals surface area contributed by atoms with Gasteiger partial charge in [-0.1, -0.05) is 24.3 Å². The van der Waals surface area contributed by atoms with Crippen LogP contribution in [0.1, 0.15) is 30.2 Å². The number of nitrogens with zero attached hydrogens (tertiary/aromatic N) is 6. The van der Waals surface area contributed by atoms with Crippen LogP contribution >= 0.6 is 0 Å². The van der Waals surface area contributed by atoms with Gasteiger partial charge in [0, 0.05) is 54.2 Å². The number of aromatic nitrogens is 3. The van der Waals surface area contributed by atoms with E-state index in [1.807, 2.05) is 62.5 Å². The van der Waals surface area contributed by atoms with Crippen LogP contribution in [0.3, 0.4) is 0 Å². The minimum absolute atomic E-state index is 0.0246. The van der Waals surface area contributed by atoms with Crippen molar-refractivity contribution in [3.8, 4) is 0 Å². The number of benzene rings is 2. The van der Waals surface area contributed by atoms with E-state index < -0.39 is 32.0 Å². The second kappa shape index (κ2) is 12.3. The van der Waals surface area contributed by atoms with Crippen LogP contribution in [0.25, 0.3) is 0 Å². The van der Waals surface area contributed by atoms with Gasteiger partial charge < -0.3 is 29.0 Å². The highest BCUT2D eigenvalue weighted by Crippen LogP contribution is 2.60. The van der Waals surface area contributed by atoms with Crippen LogP contribution < -0.4 is 14.7 Å². The van der Waals surface area contributed by atoms with Crippen molar-refractivity contribution in [3.05, 3.63) is 65.5 Å². The van der Waals surface area contributed by atoms with E-state index in [9.17, 15) is 24.3 Å². The molecule has 48 heavy (non-hydrogen) atoms. The Labute approximate surface area is 278 Å². The molecular weight excluding hydrogens is 636 g/mol. The number of aliphatic hydroxyl groups excluding tert-OH is 1. The highest BCUT2D eigenvalue weighted by molar-refractivity contribution is 6.71. The minimum atomic E-state index is -2.91. The van der Waals surface area contributed by atoms with Crippen molar-refractivity contribution < 1.29 is 38.5 Å². The number of cyclic esters (lactones) is 2. The second-order valence-corrected chi connectivity index (χ2v) is 17.4. The Balaban J connectivity index is 1.24. The topological polar surface area (TPSA) is 160 Å². The number of carbonyl (C=O) groups excluding carboxylic acids is 3. The Morgan fingerprint density at radius 1 is 0.979 bits per heavy atom. The third-order valence-electron chi connectivity index (χ3n) is 9.99. The molecule has 0 aliphatic carbocycles. The SMILES string of the molecule is C[C@H]1[C@H]([Si](C)(C)O)[C@@H](CCn2cc(CCO)nn2)O[C@]12C(=O)N(Cc1ccc(N3CCOC3=O)cc1)c1ccc(N3CCOC3=O)cc12. The largest absolute Gasteiger partial charge is 0.447 e. The van der Waals surface area contributed by atoms with E-state index in [1.165, 1.54) is 0 Å². The molecule has 3 aromatic rings. The lowest BCUT2D eigenvalue weighted by atomic mass is 9.82. The Morgan fingerprint density at radius 2 is 1.65 bits per heavy atom. The zero-order chi connectivity index (χ0) is 33.8. The van der Waals surface area contributed by atoms with Crippen LogP contribution in [0.5, 0.6) is 0 Å². The van der Waals surface area contributed by atoms with E-state index in [4.69, 9.17) is 14.2 Å². The summed E-state index contributed by atoms with van der Waals surface area (Å²) in [5, 5.41) is 17.6. The van der Waals surface area contributed by atoms with Gasteiger partial charge in [0.25, 0.3) is 5.91 Å². The summed E-state index contributed by atoms with van der Waals surface area (Å²) in [4.78, 5) is 56.1. The molecule has 0 saturated carbocycles. The molecule has 7 rings (SSSR count). The van der Waals surface area contributed by atoms with E-state index in [-0.39, 0.29) is 37.3 Å². The molecule has 5 heterocycles. The van der Waals surface area contributed by atoms with E-state index in [0.717, 1.165) is 11.3 Å². The molecule has 3 amide bonds. The Kier molecular flexibility index (Phi) is 8.26. The molecule has 4 atom stereocenters. The maximum absolute atomic E-state index is 14.9. The van der Waals surface area contributed by atoms with E-state index in [0.29, 0.717) is 61.7 Å². The minimum Gasteiger partial charge on any atom is -0.447 e. The van der Waals surface area contributed by atoms with E-state index in [1.54, 1.807) is 25.6 Å². The quantitative estimate of drug-likeness (QED) is 0.306. The molecule has 0 unspecified atom stereocenters. The molecule has 2 N–H and O–H groups in total. The molecule has 0 bridgehead atoms. The van der Waals surface area contributed by atoms with Crippen LogP contribution in [0, 0.1) is 5.92 Å². The second-order valence-electron chi connectivity index (χ2n) is 13.4. The molecule has 3 fully saturated rings. The Morgan fingerprint density at radius 3 is 2.27 bits per heavy atom. The number of amides is 3. The van der Waals surface area contributed by atoms with Crippen molar-refractivity contribution >= 4 is 43.5 Å². The predicted octanol–water partition coefficient (Wildman–Crippen LogP) is 3.16. The lowest BCUT2D eigenvalue weighted by molar-refractivity contribution is -0.146. The Hall–Kier alpha value is -4.31. The summed E-state index contributed by atoms with van der Waals surface area (Å²) in [6, 6.07) is 13.0. The summed E-state index contributed by atoms with van der Waals surface area (Å²) in [5.41, 5.74) is 2.51. The molecule has 4 aliphatic rings. The smallest absolute Gasteiger partial charge is 0.414 e. The van der Waals surface area contributed by atoms with Crippen molar-refractivity contribution in [2.75, 3.05) is 47.6 Å². The van der Waals surface area contributed by atoms with Gasteiger partial charge in [-0.2, -0.15) is 0 Å². The zero-order valence-electron chi connectivity index (χ0n) is 27.2. The number of aryl methyl sites for hydroxylation is 1. The summed E-state index contributed by atoms with van der Waals surface area (Å²) < 4.78 is 19.0. The van der Waals surface area contributed by atoms with Crippen LogP contribution in [-0.4, -0.2) is 90.3 Å². The van der Waals surface area contributed by atoms with Crippen molar-refractivity contribution in [3.63, 3.8) is 0 Å². The maximum atomic E-state index is 14.9. The molecular formula is C33H40N6O8Si. The first-order chi connectivity index (χ1) is 23.0. The van der Waals surface area contributed by atoms with Crippen molar-refractivity contribution in [1.29, 1.82) is 0 Å². The number of carbonyl (C=O) groups is 3. The summed E-state index contributed by atoms with van der Waals surface area (Å²) in [5.74, 6) is -0.620. The maximum Gasteiger partial charge on any atom is 0.414 e. The van der Waals surface area contributed by atoms with Crippen LogP contribution in [0.4, 0.5) is 26.7 Å². The monoisotopic (exact) mass is 676 g/mol. The number of ether oxygens (including phenoxy) is 3. The van der Waals surface area contributed by atoms with Crippen molar-refractivity contribution in [1.82, 2.24) is 15.0 Å². The summed E-state index contributed by atoms with van der Waals surface area (Å²) in [6.07, 6.45) is 1.39. The number of hydrogen-bond acceptors (Lipinski definition) is 10. The molecule has 14 nitrogen and oxygen atoms in total. The van der Waals surface area contributed by atoms with Gasteiger partial charge in [-0.3, -0.25) is 19.3 Å². The average Bonchev–Trinajstić information content (AvgIpc) is 3.88. The third-order valence-corrected chi connectivity index (χ3v) is 12.5. The molecule has 0 radical (unpaired) electrons. The number of fused-ring (bicyclic) bond motifs is 2. The normalized spacial score (nSPS) is 25.4. The fourth-order valence-corrected chi connectivity index (χ4v) is 10.4. The van der Waals surface area contributed by atoms with E-state index >= 15 is 0 Å². The predicted molar refractivity (Wildman–Crippen MR) is 176 cm³/mol. The number of anilines is 3. The average molecular weight is 677 g/mol. The summed E-state index contributed by atoms with van der Waals surface area (Å²) in [6.45, 7) is 7.92. The van der Waals surface area contributed by atoms with Gasteiger partial charge in [-0.15, -0.1) is 5.10 Å². The van der Waals surface area contributed by atoms with Gasteiger partial charge in [-0.25, -0.2) is 9.59 Å². The molecule has 254 valence electrons. The molecule has 1 spiro atoms. The van der Waals surface area contributed by atoms with Gasteiger partial charge in [0.15, 0.2) is 13.9 Å². The Bertz CT molecular complexity index is 1730. The highest BCUT2D eigenvalue weighted by Gasteiger charge is 2.66. The summed E-state index contributed by atoms with van der Waals surface area (Å²) >= 11 is 0. The first-order valence-electron chi connectivity index (χ1n) is 16.4. The molecule has 15 heteroatoms. The number of rotatable bonds is 10. The van der Waals surface area contributed by atoms with E-state index in [2.05, 4.69) is 10.3 Å². The van der Waals surface area contributed by atoms with Crippen molar-refractivity contribution in [2.24, 2.45) is 5.92 Å². The number of aliphatic hydroxyl groups is 1. The molecule has 2 aromatic carbocycles. The van der Waals surface area contributed by atoms with Gasteiger partial charge in [0.1, 0.15) is 13.2 Å². The van der Waals surface area contributed by atoms with Gasteiger partial charge in [-0.05, 0) is 55.4 Å². The first-order valence-corrected chi connectivity index (χ1v) is 19.4. The van der Waals surface area contributed by atoms with Crippen LogP contribution in [-0.2, 0) is 44.1 Å². The van der Waals surface area contributed by atoms with Crippen LogP contribution in [0.2, 0.25) is 18.6 Å². The number of hydrogen-bond donors (Lipinski definition) is 2. The van der Waals surface area contributed by atoms with Crippen molar-refractivity contribution in [2.45, 2.75) is 63.2 Å². The highest BCUT2D eigenvalue weighted by atomic mass is 28.4. The summed E-state index contributed by atoms with van der Waals surface area (Å²) in [7, 11) is -2.91.